The van der Waals surface area contributed by atoms with Gasteiger partial charge in [0.2, 0.25) is 0 Å². The molecule has 0 aliphatic carbocycles. The molecule has 1 aromatic heterocycles. The second-order valence-electron chi connectivity index (χ2n) is 6.28. The van der Waals surface area contributed by atoms with Gasteiger partial charge in [0.05, 0.1) is 0 Å². The van der Waals surface area contributed by atoms with Crippen LogP contribution in [0.25, 0.3) is 0 Å². The Morgan fingerprint density at radius 3 is 2.76 bits per heavy atom. The van der Waals surface area contributed by atoms with E-state index in [1.165, 1.54) is 11.8 Å². The number of aryl methyl sites for hydroxylation is 2. The van der Waals surface area contributed by atoms with Crippen LogP contribution in [0.2, 0.25) is 0 Å². The molecule has 0 spiro atoms. The Hall–Kier alpha value is -2.89. The molecule has 1 aromatic carbocycles. The molecule has 0 unspecified atom stereocenters. The molecule has 0 saturated heterocycles. The molecule has 0 bridgehead atoms. The molecule has 1 aliphatic rings. The number of nitrogens with one attached hydrogen (secondary N) is 1. The van der Waals surface area contributed by atoms with Crippen LogP contribution in [-0.2, 0) is 9.59 Å². The molecule has 1 aliphatic heterocycles. The van der Waals surface area contributed by atoms with Crippen molar-refractivity contribution in [2.24, 2.45) is 0 Å². The minimum atomic E-state index is -1.65. The van der Waals surface area contributed by atoms with Gasteiger partial charge in [0, 0.05) is 18.4 Å². The monoisotopic (exact) mass is 339 g/mol. The molecule has 1 atom stereocenters. The van der Waals surface area contributed by atoms with Crippen LogP contribution in [0, 0.1) is 13.8 Å². The van der Waals surface area contributed by atoms with E-state index in [0.717, 1.165) is 11.1 Å². The van der Waals surface area contributed by atoms with Crippen molar-refractivity contribution >= 4 is 23.3 Å². The molecule has 6 nitrogen and oxygen atoms in total. The summed E-state index contributed by atoms with van der Waals surface area (Å²) in [4.78, 5) is 31.5. The van der Waals surface area contributed by atoms with Crippen molar-refractivity contribution in [2.75, 3.05) is 16.8 Å². The highest BCUT2D eigenvalue weighted by Gasteiger charge is 2.50. The molecule has 130 valence electrons. The van der Waals surface area contributed by atoms with Crippen LogP contribution >= 0.6 is 0 Å². The Bertz CT molecular complexity index is 850. The fraction of sp³-hybridized carbons (Fsp3) is 0.316. The smallest absolute Gasteiger partial charge is 0.282 e. The summed E-state index contributed by atoms with van der Waals surface area (Å²) in [6.07, 6.45) is 1.59. The van der Waals surface area contributed by atoms with E-state index < -0.39 is 17.4 Å². The number of benzene rings is 1. The molecular formula is C19H21N3O3. The fourth-order valence-corrected chi connectivity index (χ4v) is 2.91. The Morgan fingerprint density at radius 2 is 2.08 bits per heavy atom. The SMILES string of the molecule is CCN1C(=O)[C@](C)(C(=O)Nc2ccc(C)cc2C)Oc2cccnc21. The minimum absolute atomic E-state index is 0.401. The predicted molar refractivity (Wildman–Crippen MR) is 95.8 cm³/mol. The molecule has 3 rings (SSSR count). The molecule has 0 saturated carbocycles. The van der Waals surface area contributed by atoms with Crippen LogP contribution in [0.5, 0.6) is 5.75 Å². The summed E-state index contributed by atoms with van der Waals surface area (Å²) in [6, 6.07) is 9.13. The molecule has 6 heteroatoms. The highest BCUT2D eigenvalue weighted by atomic mass is 16.5. The number of ether oxygens (including phenoxy) is 1. The first kappa shape index (κ1) is 17.0. The summed E-state index contributed by atoms with van der Waals surface area (Å²) in [5.74, 6) is -0.0742. The van der Waals surface area contributed by atoms with Crippen molar-refractivity contribution in [1.29, 1.82) is 0 Å². The zero-order valence-corrected chi connectivity index (χ0v) is 14.8. The van der Waals surface area contributed by atoms with Gasteiger partial charge in [-0.2, -0.15) is 0 Å². The number of carbonyl (C=O) groups is 2. The highest BCUT2D eigenvalue weighted by Crippen LogP contribution is 2.36. The van der Waals surface area contributed by atoms with Crippen molar-refractivity contribution in [3.63, 3.8) is 0 Å². The lowest BCUT2D eigenvalue weighted by Gasteiger charge is -2.38. The van der Waals surface area contributed by atoms with Gasteiger partial charge in [-0.25, -0.2) is 4.98 Å². The van der Waals surface area contributed by atoms with Crippen molar-refractivity contribution in [3.8, 4) is 5.75 Å². The van der Waals surface area contributed by atoms with Gasteiger partial charge < -0.3 is 10.1 Å². The molecule has 2 aromatic rings. The van der Waals surface area contributed by atoms with Crippen molar-refractivity contribution < 1.29 is 14.3 Å². The van der Waals surface area contributed by atoms with Gasteiger partial charge in [-0.3, -0.25) is 14.5 Å². The van der Waals surface area contributed by atoms with Crippen LogP contribution < -0.4 is 15.0 Å². The van der Waals surface area contributed by atoms with E-state index in [0.29, 0.717) is 23.8 Å². The Labute approximate surface area is 146 Å². The maximum Gasteiger partial charge on any atom is 0.282 e. The number of fused-ring (bicyclic) bond motifs is 1. The largest absolute Gasteiger partial charge is 0.464 e. The zero-order valence-electron chi connectivity index (χ0n) is 14.8. The van der Waals surface area contributed by atoms with Crippen LogP contribution in [0.3, 0.4) is 0 Å². The number of nitrogens with zero attached hydrogens (tertiary/aromatic N) is 2. The quantitative estimate of drug-likeness (QED) is 0.873. The lowest BCUT2D eigenvalue weighted by Crippen LogP contribution is -2.60. The molecule has 2 heterocycles. The van der Waals surface area contributed by atoms with Gasteiger partial charge in [-0.1, -0.05) is 17.7 Å². The molecule has 1 N–H and O–H groups in total. The van der Waals surface area contributed by atoms with Gasteiger partial charge >= 0.3 is 0 Å². The van der Waals surface area contributed by atoms with E-state index in [9.17, 15) is 9.59 Å². The highest BCUT2D eigenvalue weighted by molar-refractivity contribution is 6.19. The molecule has 0 radical (unpaired) electrons. The van der Waals surface area contributed by atoms with E-state index in [1.807, 2.05) is 39.0 Å². The number of rotatable bonds is 3. The number of anilines is 2. The van der Waals surface area contributed by atoms with Gasteiger partial charge in [0.25, 0.3) is 17.4 Å². The average Bonchev–Trinajstić information content (AvgIpc) is 2.58. The lowest BCUT2D eigenvalue weighted by atomic mass is 10.0. The van der Waals surface area contributed by atoms with E-state index >= 15 is 0 Å². The van der Waals surface area contributed by atoms with Gasteiger partial charge in [0.1, 0.15) is 0 Å². The summed E-state index contributed by atoms with van der Waals surface area (Å²) in [7, 11) is 0. The first-order valence-electron chi connectivity index (χ1n) is 8.21. The number of amides is 2. The Morgan fingerprint density at radius 1 is 1.32 bits per heavy atom. The number of likely N-dealkylation sites (N-methyl/N-ethyl adjacent to an activating group) is 1. The summed E-state index contributed by atoms with van der Waals surface area (Å²) >= 11 is 0. The summed E-state index contributed by atoms with van der Waals surface area (Å²) in [5, 5.41) is 2.82. The topological polar surface area (TPSA) is 71.5 Å². The van der Waals surface area contributed by atoms with E-state index in [1.54, 1.807) is 18.3 Å². The predicted octanol–water partition coefficient (Wildman–Crippen LogP) is 2.84. The molecule has 2 amide bonds. The second kappa shape index (κ2) is 6.20. The third-order valence-corrected chi connectivity index (χ3v) is 4.35. The van der Waals surface area contributed by atoms with Crippen molar-refractivity contribution in [1.82, 2.24) is 4.98 Å². The summed E-state index contributed by atoms with van der Waals surface area (Å²) in [5.41, 5.74) is 1.04. The summed E-state index contributed by atoms with van der Waals surface area (Å²) < 4.78 is 5.80. The number of carbonyl (C=O) groups excluding carboxylic acids is 2. The summed E-state index contributed by atoms with van der Waals surface area (Å²) in [6.45, 7) is 7.62. The number of hydrogen-bond acceptors (Lipinski definition) is 4. The molecule has 25 heavy (non-hydrogen) atoms. The maximum atomic E-state index is 12.9. The molecule has 0 fully saturated rings. The van der Waals surface area contributed by atoms with E-state index in [4.69, 9.17) is 4.74 Å². The second-order valence-corrected chi connectivity index (χ2v) is 6.28. The van der Waals surface area contributed by atoms with E-state index in [-0.39, 0.29) is 0 Å². The maximum absolute atomic E-state index is 12.9. The van der Waals surface area contributed by atoms with Crippen molar-refractivity contribution in [2.45, 2.75) is 33.3 Å². The molecular weight excluding hydrogens is 318 g/mol. The van der Waals surface area contributed by atoms with Crippen LogP contribution in [0.4, 0.5) is 11.5 Å². The minimum Gasteiger partial charge on any atom is -0.464 e. The first-order valence-corrected chi connectivity index (χ1v) is 8.21. The Balaban J connectivity index is 1.95. The van der Waals surface area contributed by atoms with Crippen LogP contribution in [0.15, 0.2) is 36.5 Å². The Kier molecular flexibility index (Phi) is 4.20. The average molecular weight is 339 g/mol. The van der Waals surface area contributed by atoms with Crippen LogP contribution in [-0.4, -0.2) is 28.9 Å². The van der Waals surface area contributed by atoms with Crippen LogP contribution in [0.1, 0.15) is 25.0 Å². The lowest BCUT2D eigenvalue weighted by molar-refractivity contribution is -0.145. The van der Waals surface area contributed by atoms with Gasteiger partial charge in [0.15, 0.2) is 11.6 Å². The van der Waals surface area contributed by atoms with Gasteiger partial charge in [-0.05, 0) is 51.5 Å². The third kappa shape index (κ3) is 2.84. The third-order valence-electron chi connectivity index (χ3n) is 4.35. The number of hydrogen-bond donors (Lipinski definition) is 1. The first-order chi connectivity index (χ1) is 11.9. The van der Waals surface area contributed by atoms with E-state index in [2.05, 4.69) is 10.3 Å². The fourth-order valence-electron chi connectivity index (χ4n) is 2.91. The number of aromatic nitrogens is 1. The normalized spacial score (nSPS) is 19.2. The van der Waals surface area contributed by atoms with Crippen molar-refractivity contribution in [3.05, 3.63) is 47.7 Å². The zero-order chi connectivity index (χ0) is 18.2. The van der Waals surface area contributed by atoms with Gasteiger partial charge in [-0.15, -0.1) is 0 Å². The standard InChI is InChI=1S/C19H21N3O3/c1-5-22-16-15(7-6-10-20-16)25-19(4,18(22)24)17(23)21-14-9-8-12(2)11-13(14)3/h6-11H,5H2,1-4H3,(H,21,23)/t19-/m0/s1. The number of pyridine rings is 1.